The number of carbonyl (C=O) groups is 3. The average Bonchev–Trinajstić information content (AvgIpc) is 2.57. The van der Waals surface area contributed by atoms with Crippen LogP contribution in [-0.2, 0) is 20.7 Å². The van der Waals surface area contributed by atoms with Crippen molar-refractivity contribution in [3.05, 3.63) is 48.6 Å². The van der Waals surface area contributed by atoms with Crippen molar-refractivity contribution in [1.82, 2.24) is 10.6 Å². The third-order valence-corrected chi connectivity index (χ3v) is 3.27. The van der Waals surface area contributed by atoms with Crippen molar-refractivity contribution < 1.29 is 29.3 Å². The van der Waals surface area contributed by atoms with Crippen LogP contribution in [0, 0.1) is 0 Å². The molecule has 3 atom stereocenters. The molecule has 0 heterocycles. The number of nitrogens with one attached hydrogen (secondary N) is 2. The third-order valence-electron chi connectivity index (χ3n) is 3.27. The minimum atomic E-state index is -1.49. The molecule has 0 aliphatic heterocycles. The van der Waals surface area contributed by atoms with Crippen molar-refractivity contribution in [2.75, 3.05) is 6.61 Å². The minimum Gasteiger partial charge on any atom is -0.480 e. The van der Waals surface area contributed by atoms with Gasteiger partial charge in [-0.05, 0) is 12.5 Å². The molecule has 25 heavy (non-hydrogen) atoms. The monoisotopic (exact) mass is 350 g/mol. The summed E-state index contributed by atoms with van der Waals surface area (Å²) in [6.45, 7) is 4.63. The van der Waals surface area contributed by atoms with Crippen LogP contribution in [0.3, 0.4) is 0 Å². The predicted molar refractivity (Wildman–Crippen MR) is 89.9 cm³/mol. The normalized spacial score (nSPS) is 13.8. The van der Waals surface area contributed by atoms with Crippen LogP contribution >= 0.6 is 0 Å². The van der Waals surface area contributed by atoms with E-state index in [2.05, 4.69) is 17.2 Å². The highest BCUT2D eigenvalue weighted by Crippen LogP contribution is 2.05. The molecule has 0 saturated carbocycles. The number of carboxylic acids is 1. The third kappa shape index (κ3) is 7.05. The molecule has 0 radical (unpaired) electrons. The Bertz CT molecular complexity index is 602. The summed E-state index contributed by atoms with van der Waals surface area (Å²) in [5, 5.41) is 23.2. The van der Waals surface area contributed by atoms with Crippen LogP contribution in [0.2, 0.25) is 0 Å². The Morgan fingerprint density at radius 1 is 1.24 bits per heavy atom. The summed E-state index contributed by atoms with van der Waals surface area (Å²) in [6, 6.07) is 6.32. The van der Waals surface area contributed by atoms with Gasteiger partial charge >= 0.3 is 12.1 Å². The zero-order valence-electron chi connectivity index (χ0n) is 13.8. The van der Waals surface area contributed by atoms with E-state index in [0.29, 0.717) is 0 Å². The Kier molecular flexibility index (Phi) is 8.14. The predicted octanol–water partition coefficient (Wildman–Crippen LogP) is 0.460. The van der Waals surface area contributed by atoms with Crippen LogP contribution in [0.5, 0.6) is 0 Å². The van der Waals surface area contributed by atoms with E-state index >= 15 is 0 Å². The number of ether oxygens (including phenoxy) is 1. The molecule has 1 aromatic rings. The van der Waals surface area contributed by atoms with E-state index < -0.39 is 36.2 Å². The standard InChI is InChI=1S/C17H22N2O6/c1-3-9-25-17(24)18-13(10-12-7-5-4-6-8-12)15(21)19-14(11(2)20)16(22)23/h3-8,11,13-14,20H,1,9-10H2,2H3,(H,18,24)(H,19,21)(H,22,23)/t11-,13+,14+/m1/s1. The zero-order chi connectivity index (χ0) is 18.8. The molecule has 0 spiro atoms. The van der Waals surface area contributed by atoms with Crippen molar-refractivity contribution in [1.29, 1.82) is 0 Å². The smallest absolute Gasteiger partial charge is 0.408 e. The molecular weight excluding hydrogens is 328 g/mol. The lowest BCUT2D eigenvalue weighted by Gasteiger charge is -2.22. The first-order valence-corrected chi connectivity index (χ1v) is 7.64. The summed E-state index contributed by atoms with van der Waals surface area (Å²) in [4.78, 5) is 35.3. The largest absolute Gasteiger partial charge is 0.480 e. The van der Waals surface area contributed by atoms with Crippen molar-refractivity contribution in [3.63, 3.8) is 0 Å². The highest BCUT2D eigenvalue weighted by atomic mass is 16.5. The van der Waals surface area contributed by atoms with Gasteiger partial charge in [0.05, 0.1) is 6.10 Å². The molecule has 0 fully saturated rings. The van der Waals surface area contributed by atoms with Crippen LogP contribution in [-0.4, -0.2) is 53.0 Å². The van der Waals surface area contributed by atoms with Gasteiger partial charge < -0.3 is 25.6 Å². The van der Waals surface area contributed by atoms with Gasteiger partial charge in [0.25, 0.3) is 0 Å². The first-order valence-electron chi connectivity index (χ1n) is 7.64. The van der Waals surface area contributed by atoms with Gasteiger partial charge in [0.2, 0.25) is 5.91 Å². The summed E-state index contributed by atoms with van der Waals surface area (Å²) in [5.74, 6) is -2.12. The number of benzene rings is 1. The molecule has 1 rings (SSSR count). The Balaban J connectivity index is 2.87. The van der Waals surface area contributed by atoms with Crippen molar-refractivity contribution in [2.45, 2.75) is 31.5 Å². The number of carbonyl (C=O) groups excluding carboxylic acids is 2. The van der Waals surface area contributed by atoms with E-state index in [9.17, 15) is 19.5 Å². The first kappa shape index (κ1) is 20.2. The van der Waals surface area contributed by atoms with Crippen molar-refractivity contribution in [3.8, 4) is 0 Å². The van der Waals surface area contributed by atoms with Crippen molar-refractivity contribution >= 4 is 18.0 Å². The maximum Gasteiger partial charge on any atom is 0.408 e. The quantitative estimate of drug-likeness (QED) is 0.480. The summed E-state index contributed by atoms with van der Waals surface area (Å²) < 4.78 is 4.80. The van der Waals surface area contributed by atoms with Crippen LogP contribution in [0.4, 0.5) is 4.79 Å². The van der Waals surface area contributed by atoms with E-state index in [4.69, 9.17) is 9.84 Å². The lowest BCUT2D eigenvalue weighted by Crippen LogP contribution is -2.55. The van der Waals surface area contributed by atoms with Gasteiger partial charge in [-0.15, -0.1) is 0 Å². The molecule has 0 saturated heterocycles. The molecule has 0 aliphatic rings. The SMILES string of the molecule is C=CCOC(=O)N[C@@H](Cc1ccccc1)C(=O)N[C@H](C(=O)O)[C@@H](C)O. The van der Waals surface area contributed by atoms with Gasteiger partial charge in [-0.25, -0.2) is 9.59 Å². The molecule has 0 aliphatic carbocycles. The molecule has 4 N–H and O–H groups in total. The first-order chi connectivity index (χ1) is 11.8. The second-order valence-electron chi connectivity index (χ2n) is 5.34. The Labute approximate surface area is 145 Å². The van der Waals surface area contributed by atoms with Gasteiger partial charge in [0.15, 0.2) is 6.04 Å². The second-order valence-corrected chi connectivity index (χ2v) is 5.34. The van der Waals surface area contributed by atoms with E-state index in [1.165, 1.54) is 13.0 Å². The summed E-state index contributed by atoms with van der Waals surface area (Å²) in [6.07, 6.45) is -0.631. The molecule has 0 unspecified atom stereocenters. The molecule has 0 bridgehead atoms. The topological polar surface area (TPSA) is 125 Å². The lowest BCUT2D eigenvalue weighted by molar-refractivity contribution is -0.145. The fourth-order valence-electron chi connectivity index (χ4n) is 2.02. The number of hydrogen-bond acceptors (Lipinski definition) is 5. The number of aliphatic hydroxyl groups excluding tert-OH is 1. The Morgan fingerprint density at radius 3 is 2.40 bits per heavy atom. The fourth-order valence-corrected chi connectivity index (χ4v) is 2.02. The second kappa shape index (κ2) is 10.1. The van der Waals surface area contributed by atoms with E-state index in [1.807, 2.05) is 0 Å². The number of aliphatic hydroxyl groups is 1. The lowest BCUT2D eigenvalue weighted by atomic mass is 10.0. The van der Waals surface area contributed by atoms with Gasteiger partial charge in [0, 0.05) is 6.42 Å². The summed E-state index contributed by atoms with van der Waals surface area (Å²) >= 11 is 0. The van der Waals surface area contributed by atoms with Gasteiger partial charge in [-0.3, -0.25) is 4.79 Å². The number of amides is 2. The van der Waals surface area contributed by atoms with Crippen LogP contribution < -0.4 is 10.6 Å². The van der Waals surface area contributed by atoms with E-state index in [0.717, 1.165) is 5.56 Å². The minimum absolute atomic E-state index is 0.0308. The molecule has 0 aromatic heterocycles. The van der Waals surface area contributed by atoms with Gasteiger partial charge in [-0.2, -0.15) is 0 Å². The average molecular weight is 350 g/mol. The van der Waals surface area contributed by atoms with E-state index in [1.54, 1.807) is 30.3 Å². The van der Waals surface area contributed by atoms with Crippen molar-refractivity contribution in [2.24, 2.45) is 0 Å². The van der Waals surface area contributed by atoms with Crippen LogP contribution in [0.25, 0.3) is 0 Å². The molecule has 1 aromatic carbocycles. The van der Waals surface area contributed by atoms with Gasteiger partial charge in [-0.1, -0.05) is 43.0 Å². The molecule has 8 nitrogen and oxygen atoms in total. The zero-order valence-corrected chi connectivity index (χ0v) is 13.8. The molecular formula is C17H22N2O6. The molecule has 8 heteroatoms. The van der Waals surface area contributed by atoms with Gasteiger partial charge in [0.1, 0.15) is 12.6 Å². The Morgan fingerprint density at radius 2 is 1.88 bits per heavy atom. The Hall–Kier alpha value is -2.87. The van der Waals surface area contributed by atoms with E-state index in [-0.39, 0.29) is 13.0 Å². The van der Waals surface area contributed by atoms with Crippen LogP contribution in [0.1, 0.15) is 12.5 Å². The summed E-state index contributed by atoms with van der Waals surface area (Å²) in [7, 11) is 0. The molecule has 2 amide bonds. The summed E-state index contributed by atoms with van der Waals surface area (Å²) in [5.41, 5.74) is 0.760. The maximum absolute atomic E-state index is 12.4. The highest BCUT2D eigenvalue weighted by Gasteiger charge is 2.29. The number of aliphatic carboxylic acids is 1. The highest BCUT2D eigenvalue weighted by molar-refractivity contribution is 5.89. The maximum atomic E-state index is 12.4. The number of alkyl carbamates (subject to hydrolysis) is 1. The fraction of sp³-hybridized carbons (Fsp3) is 0.353. The number of carboxylic acid groups (broad SMARTS) is 1. The van der Waals surface area contributed by atoms with Crippen LogP contribution in [0.15, 0.2) is 43.0 Å². The number of rotatable bonds is 9. The number of hydrogen-bond donors (Lipinski definition) is 4. The molecule has 136 valence electrons.